The third kappa shape index (κ3) is 1.77. The average Bonchev–Trinajstić information content (AvgIpc) is 2.80. The fraction of sp³-hybridized carbons (Fsp3) is 0.200. The number of aryl methyl sites for hydroxylation is 1. The molecule has 2 rings (SSSR count). The Morgan fingerprint density at radius 2 is 2.12 bits per heavy atom. The Balaban J connectivity index is 2.46. The Kier molecular flexibility index (Phi) is 2.90. The lowest BCUT2D eigenvalue weighted by Crippen LogP contribution is -2.13. The highest BCUT2D eigenvalue weighted by molar-refractivity contribution is 6.10. The SMILES string of the molecule is CCn1nnnc1/C(=N/O)c1ccccc1. The van der Waals surface area contributed by atoms with Gasteiger partial charge in [0, 0.05) is 12.1 Å². The average molecular weight is 217 g/mol. The maximum Gasteiger partial charge on any atom is 0.204 e. The van der Waals surface area contributed by atoms with Gasteiger partial charge in [0.15, 0.2) is 5.71 Å². The van der Waals surface area contributed by atoms with Crippen LogP contribution >= 0.6 is 0 Å². The third-order valence-electron chi connectivity index (χ3n) is 2.19. The van der Waals surface area contributed by atoms with Gasteiger partial charge in [-0.2, -0.15) is 0 Å². The first-order valence-corrected chi connectivity index (χ1v) is 4.90. The maximum atomic E-state index is 9.05. The van der Waals surface area contributed by atoms with Crippen LogP contribution in [-0.2, 0) is 6.54 Å². The summed E-state index contributed by atoms with van der Waals surface area (Å²) < 4.78 is 1.57. The van der Waals surface area contributed by atoms with Gasteiger partial charge in [-0.1, -0.05) is 35.5 Å². The predicted octanol–water partition coefficient (Wildman–Crippen LogP) is 0.920. The highest BCUT2D eigenvalue weighted by atomic mass is 16.4. The van der Waals surface area contributed by atoms with E-state index in [0.29, 0.717) is 18.1 Å². The summed E-state index contributed by atoms with van der Waals surface area (Å²) in [7, 11) is 0. The highest BCUT2D eigenvalue weighted by Crippen LogP contribution is 2.07. The molecular weight excluding hydrogens is 206 g/mol. The minimum atomic E-state index is 0.368. The molecule has 0 fully saturated rings. The van der Waals surface area contributed by atoms with Crippen molar-refractivity contribution >= 4 is 5.71 Å². The zero-order valence-electron chi connectivity index (χ0n) is 8.78. The number of oxime groups is 1. The standard InChI is InChI=1S/C10H11N5O/c1-2-15-10(11-13-14-15)9(12-16)8-6-4-3-5-7-8/h3-7,16H,2H2,1H3/b12-9+. The van der Waals surface area contributed by atoms with Crippen molar-refractivity contribution in [3.05, 3.63) is 41.7 Å². The van der Waals surface area contributed by atoms with Crippen LogP contribution in [0.1, 0.15) is 18.3 Å². The van der Waals surface area contributed by atoms with E-state index in [0.717, 1.165) is 5.56 Å². The van der Waals surface area contributed by atoms with Crippen molar-refractivity contribution < 1.29 is 5.21 Å². The number of nitrogens with zero attached hydrogens (tertiary/aromatic N) is 5. The Morgan fingerprint density at radius 3 is 2.75 bits per heavy atom. The molecule has 0 saturated heterocycles. The molecule has 6 heteroatoms. The van der Waals surface area contributed by atoms with E-state index in [9.17, 15) is 0 Å². The van der Waals surface area contributed by atoms with Crippen molar-refractivity contribution in [2.45, 2.75) is 13.5 Å². The minimum absolute atomic E-state index is 0.368. The molecule has 0 aliphatic carbocycles. The fourth-order valence-corrected chi connectivity index (χ4v) is 1.41. The molecule has 0 radical (unpaired) electrons. The quantitative estimate of drug-likeness (QED) is 0.471. The predicted molar refractivity (Wildman–Crippen MR) is 57.4 cm³/mol. The van der Waals surface area contributed by atoms with Crippen LogP contribution in [0, 0.1) is 0 Å². The molecule has 0 aliphatic rings. The van der Waals surface area contributed by atoms with Gasteiger partial charge in [0.05, 0.1) is 0 Å². The number of rotatable bonds is 3. The van der Waals surface area contributed by atoms with E-state index in [1.807, 2.05) is 37.3 Å². The van der Waals surface area contributed by atoms with Crippen LogP contribution in [0.15, 0.2) is 35.5 Å². The zero-order chi connectivity index (χ0) is 11.4. The van der Waals surface area contributed by atoms with Crippen molar-refractivity contribution in [2.75, 3.05) is 0 Å². The number of aromatic nitrogens is 4. The third-order valence-corrected chi connectivity index (χ3v) is 2.19. The molecular formula is C10H11N5O. The molecule has 16 heavy (non-hydrogen) atoms. The molecule has 2 aromatic rings. The van der Waals surface area contributed by atoms with Crippen molar-refractivity contribution in [2.24, 2.45) is 5.16 Å². The summed E-state index contributed by atoms with van der Waals surface area (Å²) >= 11 is 0. The molecule has 1 aromatic carbocycles. The van der Waals surface area contributed by atoms with Crippen molar-refractivity contribution in [3.63, 3.8) is 0 Å². The van der Waals surface area contributed by atoms with Crippen molar-refractivity contribution in [3.8, 4) is 0 Å². The van der Waals surface area contributed by atoms with E-state index in [-0.39, 0.29) is 0 Å². The maximum absolute atomic E-state index is 9.05. The van der Waals surface area contributed by atoms with Gasteiger partial charge >= 0.3 is 0 Å². The van der Waals surface area contributed by atoms with E-state index < -0.39 is 0 Å². The molecule has 1 aromatic heterocycles. The summed E-state index contributed by atoms with van der Waals surface area (Å²) in [6, 6.07) is 9.29. The summed E-state index contributed by atoms with van der Waals surface area (Å²) in [6.07, 6.45) is 0. The molecule has 0 unspecified atom stereocenters. The van der Waals surface area contributed by atoms with Crippen LogP contribution in [0.25, 0.3) is 0 Å². The molecule has 6 nitrogen and oxygen atoms in total. The first-order chi connectivity index (χ1) is 7.86. The molecule has 0 aliphatic heterocycles. The lowest BCUT2D eigenvalue weighted by molar-refractivity contribution is 0.319. The second-order valence-corrected chi connectivity index (χ2v) is 3.13. The zero-order valence-corrected chi connectivity index (χ0v) is 8.78. The van der Waals surface area contributed by atoms with Crippen LogP contribution in [0.3, 0.4) is 0 Å². The second kappa shape index (κ2) is 4.52. The number of hydrogen-bond acceptors (Lipinski definition) is 5. The Bertz CT molecular complexity index is 491. The smallest absolute Gasteiger partial charge is 0.204 e. The summed E-state index contributed by atoms with van der Waals surface area (Å²) in [4.78, 5) is 0. The Hall–Kier alpha value is -2.24. The van der Waals surface area contributed by atoms with E-state index in [4.69, 9.17) is 5.21 Å². The van der Waals surface area contributed by atoms with Crippen LogP contribution in [0.2, 0.25) is 0 Å². The molecule has 0 atom stereocenters. The van der Waals surface area contributed by atoms with Crippen LogP contribution in [0.5, 0.6) is 0 Å². The normalized spacial score (nSPS) is 11.7. The molecule has 82 valence electrons. The number of tetrazole rings is 1. The summed E-state index contributed by atoms with van der Waals surface area (Å²) in [6.45, 7) is 2.54. The van der Waals surface area contributed by atoms with E-state index in [1.165, 1.54) is 0 Å². The monoisotopic (exact) mass is 217 g/mol. The highest BCUT2D eigenvalue weighted by Gasteiger charge is 2.14. The van der Waals surface area contributed by atoms with E-state index in [1.54, 1.807) is 4.68 Å². The number of hydrogen-bond donors (Lipinski definition) is 1. The van der Waals surface area contributed by atoms with Gasteiger partial charge in [0.25, 0.3) is 0 Å². The van der Waals surface area contributed by atoms with Crippen molar-refractivity contribution in [1.29, 1.82) is 0 Å². The van der Waals surface area contributed by atoms with E-state index in [2.05, 4.69) is 20.7 Å². The topological polar surface area (TPSA) is 76.2 Å². The van der Waals surface area contributed by atoms with Gasteiger partial charge < -0.3 is 5.21 Å². The lowest BCUT2D eigenvalue weighted by atomic mass is 10.1. The lowest BCUT2D eigenvalue weighted by Gasteiger charge is -2.03. The van der Waals surface area contributed by atoms with Gasteiger partial charge in [0.2, 0.25) is 5.82 Å². The molecule has 1 N–H and O–H groups in total. The first-order valence-electron chi connectivity index (χ1n) is 4.90. The van der Waals surface area contributed by atoms with Gasteiger partial charge in [-0.15, -0.1) is 5.10 Å². The minimum Gasteiger partial charge on any atom is -0.410 e. The van der Waals surface area contributed by atoms with Gasteiger partial charge in [-0.05, 0) is 17.4 Å². The van der Waals surface area contributed by atoms with Gasteiger partial charge in [-0.25, -0.2) is 4.68 Å². The summed E-state index contributed by atoms with van der Waals surface area (Å²) in [5.74, 6) is 0.455. The largest absolute Gasteiger partial charge is 0.410 e. The molecule has 0 amide bonds. The van der Waals surface area contributed by atoms with Crippen LogP contribution < -0.4 is 0 Å². The van der Waals surface area contributed by atoms with Gasteiger partial charge in [-0.3, -0.25) is 0 Å². The summed E-state index contributed by atoms with van der Waals surface area (Å²) in [5.41, 5.74) is 1.14. The van der Waals surface area contributed by atoms with E-state index >= 15 is 0 Å². The Morgan fingerprint density at radius 1 is 1.38 bits per heavy atom. The Labute approximate surface area is 92.2 Å². The number of benzene rings is 1. The fourth-order valence-electron chi connectivity index (χ4n) is 1.41. The molecule has 1 heterocycles. The first kappa shape index (κ1) is 10.3. The van der Waals surface area contributed by atoms with Crippen molar-refractivity contribution in [1.82, 2.24) is 20.2 Å². The summed E-state index contributed by atoms with van der Waals surface area (Å²) in [5, 5.41) is 23.5. The molecule has 0 saturated carbocycles. The van der Waals surface area contributed by atoms with Crippen LogP contribution in [0.4, 0.5) is 0 Å². The second-order valence-electron chi connectivity index (χ2n) is 3.13. The molecule has 0 spiro atoms. The van der Waals surface area contributed by atoms with Gasteiger partial charge in [0.1, 0.15) is 0 Å². The van der Waals surface area contributed by atoms with Crippen LogP contribution in [-0.4, -0.2) is 31.1 Å². The molecule has 0 bridgehead atoms.